The molecule has 0 radical (unpaired) electrons. The van der Waals surface area contributed by atoms with E-state index in [2.05, 4.69) is 22.0 Å². The number of carbonyl (C=O) groups excluding carboxylic acids is 1. The Balaban J connectivity index is 1.30. The van der Waals surface area contributed by atoms with Crippen LogP contribution in [0.3, 0.4) is 0 Å². The topological polar surface area (TPSA) is 100 Å². The molecule has 1 atom stereocenters. The lowest BCUT2D eigenvalue weighted by atomic mass is 10.2. The Kier molecular flexibility index (Phi) is 5.87. The van der Waals surface area contributed by atoms with Crippen LogP contribution < -0.4 is 4.74 Å². The van der Waals surface area contributed by atoms with Crippen LogP contribution in [-0.2, 0) is 24.9 Å². The maximum absolute atomic E-state index is 12.5. The molecule has 10 heteroatoms. The molecule has 1 aromatic carbocycles. The summed E-state index contributed by atoms with van der Waals surface area (Å²) in [7, 11) is 1.92. The zero-order valence-electron chi connectivity index (χ0n) is 19.5. The zero-order chi connectivity index (χ0) is 23.7. The molecule has 0 bridgehead atoms. The van der Waals surface area contributed by atoms with Gasteiger partial charge in [-0.15, -0.1) is 0 Å². The Hall–Kier alpha value is -3.95. The molecule has 1 fully saturated rings. The van der Waals surface area contributed by atoms with E-state index >= 15 is 0 Å². The average molecular weight is 462 g/mol. The van der Waals surface area contributed by atoms with Gasteiger partial charge in [-0.1, -0.05) is 30.3 Å². The summed E-state index contributed by atoms with van der Waals surface area (Å²) >= 11 is 0. The first-order valence-corrected chi connectivity index (χ1v) is 11.4. The van der Waals surface area contributed by atoms with Crippen LogP contribution in [0.15, 0.2) is 42.9 Å². The van der Waals surface area contributed by atoms with E-state index in [1.165, 1.54) is 6.33 Å². The highest BCUT2D eigenvalue weighted by Crippen LogP contribution is 2.30. The van der Waals surface area contributed by atoms with Crippen LogP contribution in [0.1, 0.15) is 24.6 Å². The lowest BCUT2D eigenvalue weighted by Gasteiger charge is -2.17. The second kappa shape index (κ2) is 9.12. The second-order valence-electron chi connectivity index (χ2n) is 8.32. The molecule has 1 aliphatic heterocycles. The van der Waals surface area contributed by atoms with E-state index in [1.807, 2.05) is 59.7 Å². The maximum atomic E-state index is 12.5. The third kappa shape index (κ3) is 4.07. The lowest BCUT2D eigenvalue weighted by molar-refractivity contribution is 0.0989. The van der Waals surface area contributed by atoms with Crippen LogP contribution in [0, 0.1) is 6.92 Å². The summed E-state index contributed by atoms with van der Waals surface area (Å²) in [6, 6.07) is 9.64. The van der Waals surface area contributed by atoms with Gasteiger partial charge >= 0.3 is 6.09 Å². The Morgan fingerprint density at radius 1 is 1.21 bits per heavy atom. The quantitative estimate of drug-likeness (QED) is 0.434. The van der Waals surface area contributed by atoms with Crippen LogP contribution in [0.2, 0.25) is 0 Å². The minimum atomic E-state index is -0.341. The standard InChI is InChI=1S/C24H27N7O3/c1-4-31-16(2)19(12-27-31)21-28-20-22(29(21)3)25-15-26-23(20)34-18-10-11-30(13-18)24(32)33-14-17-8-6-5-7-9-17/h5-9,12,15,18H,4,10-11,13-14H2,1-3H3. The van der Waals surface area contributed by atoms with Crippen molar-refractivity contribution in [2.24, 2.45) is 7.05 Å². The zero-order valence-corrected chi connectivity index (χ0v) is 19.5. The smallest absolute Gasteiger partial charge is 0.410 e. The highest BCUT2D eigenvalue weighted by atomic mass is 16.6. The van der Waals surface area contributed by atoms with Gasteiger partial charge in [0.05, 0.1) is 18.3 Å². The first-order chi connectivity index (χ1) is 16.5. The van der Waals surface area contributed by atoms with Gasteiger partial charge in [0.2, 0.25) is 5.88 Å². The van der Waals surface area contributed by atoms with Crippen LogP contribution in [0.25, 0.3) is 22.6 Å². The molecule has 5 rings (SSSR count). The van der Waals surface area contributed by atoms with Gasteiger partial charge < -0.3 is 18.9 Å². The fourth-order valence-electron chi connectivity index (χ4n) is 4.25. The number of hydrogen-bond acceptors (Lipinski definition) is 7. The Morgan fingerprint density at radius 3 is 2.79 bits per heavy atom. The number of hydrogen-bond donors (Lipinski definition) is 0. The highest BCUT2D eigenvalue weighted by Gasteiger charge is 2.30. The SMILES string of the molecule is CCn1ncc(-c2nc3c(OC4CCN(C(=O)OCc5ccccc5)C4)ncnc3n2C)c1C. The summed E-state index contributed by atoms with van der Waals surface area (Å²) in [5.74, 6) is 1.17. The second-order valence-corrected chi connectivity index (χ2v) is 8.32. The van der Waals surface area contributed by atoms with Gasteiger partial charge in [0.25, 0.3) is 0 Å². The van der Waals surface area contributed by atoms with Gasteiger partial charge in [-0.3, -0.25) is 4.68 Å². The summed E-state index contributed by atoms with van der Waals surface area (Å²) in [5, 5.41) is 4.43. The number of fused-ring (bicyclic) bond motifs is 1. The average Bonchev–Trinajstić information content (AvgIpc) is 3.56. The molecule has 1 saturated heterocycles. The van der Waals surface area contributed by atoms with Crippen molar-refractivity contribution in [1.82, 2.24) is 34.2 Å². The summed E-state index contributed by atoms with van der Waals surface area (Å²) in [4.78, 5) is 27.7. The van der Waals surface area contributed by atoms with Crippen molar-refractivity contribution in [3.8, 4) is 17.3 Å². The number of ether oxygens (including phenoxy) is 2. The van der Waals surface area contributed by atoms with Crippen LogP contribution in [0.4, 0.5) is 4.79 Å². The van der Waals surface area contributed by atoms with Crippen molar-refractivity contribution in [2.75, 3.05) is 13.1 Å². The molecule has 0 N–H and O–H groups in total. The molecule has 4 heterocycles. The summed E-state index contributed by atoms with van der Waals surface area (Å²) in [6.07, 6.45) is 3.45. The molecule has 176 valence electrons. The fourth-order valence-corrected chi connectivity index (χ4v) is 4.25. The van der Waals surface area contributed by atoms with Crippen molar-refractivity contribution in [3.05, 3.63) is 54.1 Å². The molecule has 1 amide bonds. The highest BCUT2D eigenvalue weighted by molar-refractivity contribution is 5.81. The first-order valence-electron chi connectivity index (χ1n) is 11.4. The number of aromatic nitrogens is 6. The van der Waals surface area contributed by atoms with Crippen molar-refractivity contribution >= 4 is 17.3 Å². The van der Waals surface area contributed by atoms with Gasteiger partial charge in [0.15, 0.2) is 11.2 Å². The van der Waals surface area contributed by atoms with Crippen LogP contribution in [0.5, 0.6) is 5.88 Å². The minimum absolute atomic E-state index is 0.197. The molecular formula is C24H27N7O3. The van der Waals surface area contributed by atoms with E-state index in [4.69, 9.17) is 14.5 Å². The number of rotatable bonds is 6. The third-order valence-electron chi connectivity index (χ3n) is 6.15. The Morgan fingerprint density at radius 2 is 2.03 bits per heavy atom. The number of benzene rings is 1. The molecule has 3 aromatic heterocycles. The number of aryl methyl sites for hydroxylation is 2. The fraction of sp³-hybridized carbons (Fsp3) is 0.375. The summed E-state index contributed by atoms with van der Waals surface area (Å²) < 4.78 is 15.5. The van der Waals surface area contributed by atoms with E-state index in [0.29, 0.717) is 36.6 Å². The monoisotopic (exact) mass is 461 g/mol. The number of likely N-dealkylation sites (tertiary alicyclic amines) is 1. The predicted molar refractivity (Wildman–Crippen MR) is 125 cm³/mol. The first kappa shape index (κ1) is 21.9. The third-order valence-corrected chi connectivity index (χ3v) is 6.15. The van der Waals surface area contributed by atoms with Crippen LogP contribution in [-0.4, -0.2) is 59.5 Å². The molecule has 1 unspecified atom stereocenters. The van der Waals surface area contributed by atoms with E-state index in [0.717, 1.165) is 29.2 Å². The van der Waals surface area contributed by atoms with Crippen molar-refractivity contribution < 1.29 is 14.3 Å². The van der Waals surface area contributed by atoms with Crippen molar-refractivity contribution in [3.63, 3.8) is 0 Å². The molecule has 4 aromatic rings. The van der Waals surface area contributed by atoms with Gasteiger partial charge in [-0.25, -0.2) is 14.8 Å². The molecule has 0 saturated carbocycles. The largest absolute Gasteiger partial charge is 0.471 e. The normalized spacial score (nSPS) is 15.7. The number of nitrogens with zero attached hydrogens (tertiary/aromatic N) is 7. The van der Waals surface area contributed by atoms with Crippen molar-refractivity contribution in [2.45, 2.75) is 39.5 Å². The van der Waals surface area contributed by atoms with Gasteiger partial charge in [0, 0.05) is 32.3 Å². The van der Waals surface area contributed by atoms with Gasteiger partial charge in [-0.2, -0.15) is 10.1 Å². The van der Waals surface area contributed by atoms with Crippen LogP contribution >= 0.6 is 0 Å². The molecule has 0 aliphatic carbocycles. The minimum Gasteiger partial charge on any atom is -0.471 e. The molecule has 0 spiro atoms. The molecule has 1 aliphatic rings. The number of carbonyl (C=O) groups is 1. The Labute approximate surface area is 197 Å². The number of amides is 1. The predicted octanol–water partition coefficient (Wildman–Crippen LogP) is 3.35. The lowest BCUT2D eigenvalue weighted by Crippen LogP contribution is -2.31. The molecular weight excluding hydrogens is 434 g/mol. The van der Waals surface area contributed by atoms with E-state index in [1.54, 1.807) is 4.90 Å². The molecule has 10 nitrogen and oxygen atoms in total. The van der Waals surface area contributed by atoms with E-state index in [9.17, 15) is 4.79 Å². The molecule has 34 heavy (non-hydrogen) atoms. The maximum Gasteiger partial charge on any atom is 0.410 e. The summed E-state index contributed by atoms with van der Waals surface area (Å²) in [6.45, 7) is 6.11. The van der Waals surface area contributed by atoms with E-state index in [-0.39, 0.29) is 18.8 Å². The van der Waals surface area contributed by atoms with Crippen molar-refractivity contribution in [1.29, 1.82) is 0 Å². The summed E-state index contributed by atoms with van der Waals surface area (Å²) in [5.41, 5.74) is 4.21. The van der Waals surface area contributed by atoms with Gasteiger partial charge in [0.1, 0.15) is 24.9 Å². The van der Waals surface area contributed by atoms with Gasteiger partial charge in [-0.05, 0) is 19.4 Å². The van der Waals surface area contributed by atoms with E-state index < -0.39 is 0 Å². The Bertz CT molecular complexity index is 1320. The number of imidazole rings is 1.